The smallest absolute Gasteiger partial charge is 0.406 e. The highest BCUT2D eigenvalue weighted by Gasteiger charge is 2.36. The molecule has 1 aliphatic carbocycles. The van der Waals surface area contributed by atoms with Crippen LogP contribution in [-0.4, -0.2) is 11.5 Å². The second-order valence-corrected chi connectivity index (χ2v) is 6.19. The van der Waals surface area contributed by atoms with Gasteiger partial charge in [-0.25, -0.2) is 0 Å². The second kappa shape index (κ2) is 5.87. The lowest BCUT2D eigenvalue weighted by Crippen LogP contribution is -2.33. The van der Waals surface area contributed by atoms with Gasteiger partial charge < -0.3 is 9.84 Å². The maximum absolute atomic E-state index is 12.3. The lowest BCUT2D eigenvalue weighted by atomic mass is 9.72. The molecule has 21 heavy (non-hydrogen) atoms. The normalized spacial score (nSPS) is 26.9. The summed E-state index contributed by atoms with van der Waals surface area (Å²) in [6.45, 7) is 4.32. The molecule has 1 aromatic carbocycles. The zero-order chi connectivity index (χ0) is 15.7. The molecule has 1 aliphatic rings. The lowest BCUT2D eigenvalue weighted by molar-refractivity contribution is -0.274. The zero-order valence-corrected chi connectivity index (χ0v) is 12.3. The first-order chi connectivity index (χ1) is 9.70. The molecule has 0 bridgehead atoms. The van der Waals surface area contributed by atoms with Gasteiger partial charge in [0.05, 0.1) is 5.60 Å². The molecule has 0 radical (unpaired) electrons. The molecule has 5 heteroatoms. The fourth-order valence-corrected chi connectivity index (χ4v) is 3.06. The van der Waals surface area contributed by atoms with Crippen molar-refractivity contribution in [2.24, 2.45) is 11.8 Å². The van der Waals surface area contributed by atoms with Gasteiger partial charge in [0.1, 0.15) is 5.75 Å². The van der Waals surface area contributed by atoms with Crippen molar-refractivity contribution < 1.29 is 23.0 Å². The van der Waals surface area contributed by atoms with Crippen LogP contribution in [-0.2, 0) is 5.60 Å². The van der Waals surface area contributed by atoms with Crippen LogP contribution in [0.4, 0.5) is 13.2 Å². The van der Waals surface area contributed by atoms with E-state index >= 15 is 0 Å². The average molecular weight is 302 g/mol. The number of aliphatic hydroxyl groups is 1. The van der Waals surface area contributed by atoms with E-state index in [1.54, 1.807) is 6.07 Å². The van der Waals surface area contributed by atoms with Crippen LogP contribution < -0.4 is 4.74 Å². The first-order valence-electron chi connectivity index (χ1n) is 7.28. The number of hydrogen-bond donors (Lipinski definition) is 1. The summed E-state index contributed by atoms with van der Waals surface area (Å²) in [4.78, 5) is 0. The Morgan fingerprint density at radius 1 is 1.24 bits per heavy atom. The molecular formula is C16H21F3O2. The van der Waals surface area contributed by atoms with Crippen LogP contribution in [0.2, 0.25) is 0 Å². The highest BCUT2D eigenvalue weighted by atomic mass is 19.4. The van der Waals surface area contributed by atoms with Crippen molar-refractivity contribution in [3.05, 3.63) is 29.8 Å². The molecular weight excluding hydrogens is 281 g/mol. The number of halogens is 3. The van der Waals surface area contributed by atoms with Crippen LogP contribution >= 0.6 is 0 Å². The maximum Gasteiger partial charge on any atom is 0.573 e. The molecule has 0 heterocycles. The minimum Gasteiger partial charge on any atom is -0.406 e. The predicted octanol–water partition coefficient (Wildman–Crippen LogP) is 4.62. The highest BCUT2D eigenvalue weighted by molar-refractivity contribution is 5.32. The van der Waals surface area contributed by atoms with E-state index in [-0.39, 0.29) is 5.75 Å². The Morgan fingerprint density at radius 3 is 2.38 bits per heavy atom. The van der Waals surface area contributed by atoms with E-state index in [1.165, 1.54) is 18.2 Å². The molecule has 1 saturated carbocycles. The Labute approximate surface area is 122 Å². The molecule has 0 aliphatic heterocycles. The Bertz CT molecular complexity index is 475. The summed E-state index contributed by atoms with van der Waals surface area (Å²) in [6.07, 6.45) is -1.79. The number of rotatable bonds is 3. The fraction of sp³-hybridized carbons (Fsp3) is 0.625. The van der Waals surface area contributed by atoms with Gasteiger partial charge in [-0.1, -0.05) is 26.0 Å². The monoisotopic (exact) mass is 302 g/mol. The largest absolute Gasteiger partial charge is 0.573 e. The maximum atomic E-state index is 12.3. The van der Waals surface area contributed by atoms with E-state index in [0.717, 1.165) is 12.8 Å². The van der Waals surface area contributed by atoms with Crippen LogP contribution in [0.15, 0.2) is 24.3 Å². The van der Waals surface area contributed by atoms with E-state index in [4.69, 9.17) is 0 Å². The summed E-state index contributed by atoms with van der Waals surface area (Å²) in [7, 11) is 0. The van der Waals surface area contributed by atoms with Crippen molar-refractivity contribution in [2.45, 2.75) is 51.5 Å². The average Bonchev–Trinajstić information content (AvgIpc) is 2.37. The number of ether oxygens (including phenoxy) is 1. The summed E-state index contributed by atoms with van der Waals surface area (Å²) < 4.78 is 40.7. The molecule has 0 unspecified atom stereocenters. The summed E-state index contributed by atoms with van der Waals surface area (Å²) in [5, 5.41) is 10.7. The number of alkyl halides is 3. The number of hydrogen-bond acceptors (Lipinski definition) is 2. The molecule has 2 rings (SSSR count). The molecule has 118 valence electrons. The third-order valence-corrected chi connectivity index (χ3v) is 4.41. The molecule has 0 spiro atoms. The van der Waals surface area contributed by atoms with E-state index in [9.17, 15) is 18.3 Å². The van der Waals surface area contributed by atoms with Crippen molar-refractivity contribution >= 4 is 0 Å². The highest BCUT2D eigenvalue weighted by Crippen LogP contribution is 2.42. The van der Waals surface area contributed by atoms with E-state index in [1.807, 2.05) is 0 Å². The van der Waals surface area contributed by atoms with Crippen molar-refractivity contribution in [1.82, 2.24) is 0 Å². The van der Waals surface area contributed by atoms with Crippen molar-refractivity contribution in [1.29, 1.82) is 0 Å². The fourth-order valence-electron chi connectivity index (χ4n) is 3.06. The van der Waals surface area contributed by atoms with Crippen LogP contribution in [0, 0.1) is 11.8 Å². The Hall–Kier alpha value is -1.23. The van der Waals surface area contributed by atoms with Gasteiger partial charge in [0.25, 0.3) is 0 Å². The molecule has 0 saturated heterocycles. The molecule has 0 aromatic heterocycles. The second-order valence-electron chi connectivity index (χ2n) is 6.19. The van der Waals surface area contributed by atoms with Crippen LogP contribution in [0.3, 0.4) is 0 Å². The molecule has 2 nitrogen and oxygen atoms in total. The van der Waals surface area contributed by atoms with E-state index in [2.05, 4.69) is 18.6 Å². The van der Waals surface area contributed by atoms with Crippen LogP contribution in [0.5, 0.6) is 5.75 Å². The summed E-state index contributed by atoms with van der Waals surface area (Å²) in [5.74, 6) is 0.855. The van der Waals surface area contributed by atoms with Crippen molar-refractivity contribution in [2.75, 3.05) is 0 Å². The Morgan fingerprint density at radius 2 is 1.86 bits per heavy atom. The standard InChI is InChI=1S/C16H21F3O2/c1-11(2)12-6-8-15(20,9-7-12)13-4-3-5-14(10-13)21-16(17,18)19/h3-5,10-12,20H,6-9H2,1-2H3. The SMILES string of the molecule is CC(C)C1CCC(O)(c2cccc(OC(F)(F)F)c2)CC1. The lowest BCUT2D eigenvalue weighted by Gasteiger charge is -2.38. The zero-order valence-electron chi connectivity index (χ0n) is 12.3. The summed E-state index contributed by atoms with van der Waals surface area (Å²) in [5.41, 5.74) is -0.539. The third kappa shape index (κ3) is 4.13. The van der Waals surface area contributed by atoms with Gasteiger partial charge in [0.2, 0.25) is 0 Å². The van der Waals surface area contributed by atoms with Crippen LogP contribution in [0.1, 0.15) is 45.1 Å². The van der Waals surface area contributed by atoms with Gasteiger partial charge in [-0.2, -0.15) is 0 Å². The summed E-state index contributed by atoms with van der Waals surface area (Å²) >= 11 is 0. The molecule has 1 N–H and O–H groups in total. The van der Waals surface area contributed by atoms with Crippen LogP contribution in [0.25, 0.3) is 0 Å². The first kappa shape index (κ1) is 16.1. The molecule has 1 aromatic rings. The summed E-state index contributed by atoms with van der Waals surface area (Å²) in [6, 6.07) is 5.70. The Balaban J connectivity index is 2.13. The van der Waals surface area contributed by atoms with Gasteiger partial charge in [-0.15, -0.1) is 13.2 Å². The van der Waals surface area contributed by atoms with Gasteiger partial charge in [-0.05, 0) is 55.2 Å². The third-order valence-electron chi connectivity index (χ3n) is 4.41. The van der Waals surface area contributed by atoms with Crippen molar-refractivity contribution in [3.63, 3.8) is 0 Å². The Kier molecular flexibility index (Phi) is 4.51. The molecule has 0 amide bonds. The topological polar surface area (TPSA) is 29.5 Å². The minimum atomic E-state index is -4.71. The van der Waals surface area contributed by atoms with Gasteiger partial charge in [0, 0.05) is 0 Å². The quantitative estimate of drug-likeness (QED) is 0.883. The van der Waals surface area contributed by atoms with E-state index < -0.39 is 12.0 Å². The van der Waals surface area contributed by atoms with Gasteiger partial charge in [0.15, 0.2) is 0 Å². The number of benzene rings is 1. The van der Waals surface area contributed by atoms with Crippen molar-refractivity contribution in [3.8, 4) is 5.75 Å². The van der Waals surface area contributed by atoms with Gasteiger partial charge in [-0.3, -0.25) is 0 Å². The minimum absolute atomic E-state index is 0.278. The molecule has 0 atom stereocenters. The van der Waals surface area contributed by atoms with Gasteiger partial charge >= 0.3 is 6.36 Å². The molecule has 1 fully saturated rings. The van der Waals surface area contributed by atoms with E-state index in [0.29, 0.717) is 30.2 Å². The first-order valence-corrected chi connectivity index (χ1v) is 7.28. The predicted molar refractivity (Wildman–Crippen MR) is 73.8 cm³/mol.